The fraction of sp³-hybridized carbons (Fsp3) is 0.381. The van der Waals surface area contributed by atoms with E-state index in [1.54, 1.807) is 7.11 Å². The van der Waals surface area contributed by atoms with E-state index in [0.29, 0.717) is 6.04 Å². The summed E-state index contributed by atoms with van der Waals surface area (Å²) in [6.45, 7) is 2.95. The van der Waals surface area contributed by atoms with E-state index < -0.39 is 0 Å². The van der Waals surface area contributed by atoms with Crippen molar-refractivity contribution in [1.29, 1.82) is 0 Å². The zero-order valence-corrected chi connectivity index (χ0v) is 17.9. The number of nitrogens with zero attached hydrogens (tertiary/aromatic N) is 2. The van der Waals surface area contributed by atoms with Crippen molar-refractivity contribution in [2.24, 2.45) is 0 Å². The maximum absolute atomic E-state index is 5.54. The molecular formula is C21H24BrN3OS. The number of rotatable bonds is 6. The van der Waals surface area contributed by atoms with Crippen LogP contribution in [0, 0.1) is 0 Å². The number of nitrogens with one attached hydrogen (secondary N) is 1. The smallest absolute Gasteiger partial charge is 0.171 e. The van der Waals surface area contributed by atoms with Crippen LogP contribution in [0.3, 0.4) is 0 Å². The number of piperazine rings is 1. The van der Waals surface area contributed by atoms with Gasteiger partial charge in [0, 0.05) is 41.0 Å². The van der Waals surface area contributed by atoms with Crippen LogP contribution < -0.4 is 15.0 Å². The van der Waals surface area contributed by atoms with E-state index in [2.05, 4.69) is 54.7 Å². The van der Waals surface area contributed by atoms with Crippen LogP contribution in [0.4, 0.5) is 5.82 Å². The van der Waals surface area contributed by atoms with Crippen LogP contribution in [0.15, 0.2) is 46.4 Å². The second kappa shape index (κ2) is 8.59. The molecule has 4 rings (SSSR count). The highest BCUT2D eigenvalue weighted by atomic mass is 79.9. The lowest BCUT2D eigenvalue weighted by atomic mass is 10.0. The first-order valence-electron chi connectivity index (χ1n) is 9.38. The second-order valence-electron chi connectivity index (χ2n) is 6.87. The average Bonchev–Trinajstić information content (AvgIpc) is 3.10. The molecule has 2 aromatic heterocycles. The molecule has 1 N–H and O–H groups in total. The molecule has 6 heteroatoms. The fourth-order valence-electron chi connectivity index (χ4n) is 3.83. The van der Waals surface area contributed by atoms with Gasteiger partial charge in [-0.25, -0.2) is 4.98 Å². The van der Waals surface area contributed by atoms with Gasteiger partial charge in [0.15, 0.2) is 11.6 Å². The van der Waals surface area contributed by atoms with Gasteiger partial charge in [0.25, 0.3) is 0 Å². The topological polar surface area (TPSA) is 37.4 Å². The number of benzene rings is 1. The Kier molecular flexibility index (Phi) is 5.95. The number of hydrogen-bond donors (Lipinski definition) is 1. The molecule has 0 radical (unpaired) electrons. The first kappa shape index (κ1) is 18.7. The van der Waals surface area contributed by atoms with Crippen molar-refractivity contribution in [1.82, 2.24) is 10.3 Å². The van der Waals surface area contributed by atoms with Gasteiger partial charge in [-0.1, -0.05) is 15.9 Å². The molecule has 142 valence electrons. The van der Waals surface area contributed by atoms with Crippen LogP contribution in [-0.2, 0) is 6.42 Å². The van der Waals surface area contributed by atoms with Gasteiger partial charge in [-0.2, -0.15) is 0 Å². The van der Waals surface area contributed by atoms with E-state index in [1.165, 1.54) is 15.6 Å². The summed E-state index contributed by atoms with van der Waals surface area (Å²) in [6, 6.07) is 10.9. The largest absolute Gasteiger partial charge is 0.493 e. The Labute approximate surface area is 172 Å². The second-order valence-corrected chi connectivity index (χ2v) is 8.70. The summed E-state index contributed by atoms with van der Waals surface area (Å²) in [5.74, 6) is 1.83. The zero-order valence-electron chi connectivity index (χ0n) is 15.5. The molecule has 0 spiro atoms. The Balaban J connectivity index is 1.45. The lowest BCUT2D eigenvalue weighted by Crippen LogP contribution is -2.51. The van der Waals surface area contributed by atoms with Crippen molar-refractivity contribution in [3.63, 3.8) is 0 Å². The van der Waals surface area contributed by atoms with Crippen LogP contribution in [0.1, 0.15) is 18.4 Å². The summed E-state index contributed by atoms with van der Waals surface area (Å²) in [5.41, 5.74) is 1.46. The van der Waals surface area contributed by atoms with Crippen molar-refractivity contribution < 1.29 is 4.74 Å². The third-order valence-corrected chi connectivity index (χ3v) is 6.70. The van der Waals surface area contributed by atoms with Crippen molar-refractivity contribution in [3.8, 4) is 5.75 Å². The Morgan fingerprint density at radius 3 is 3.19 bits per heavy atom. The number of thiophene rings is 1. The summed E-state index contributed by atoms with van der Waals surface area (Å²) in [6.07, 6.45) is 5.26. The number of aromatic nitrogens is 1. The number of hydrogen-bond acceptors (Lipinski definition) is 5. The fourth-order valence-corrected chi connectivity index (χ4v) is 5.17. The molecule has 0 amide bonds. The number of ether oxygens (including phenoxy) is 1. The van der Waals surface area contributed by atoms with Crippen molar-refractivity contribution >= 4 is 43.2 Å². The number of pyridine rings is 1. The number of fused-ring (bicyclic) bond motifs is 1. The molecule has 1 aromatic carbocycles. The first-order chi connectivity index (χ1) is 13.3. The quantitative estimate of drug-likeness (QED) is 0.587. The minimum atomic E-state index is 0.444. The van der Waals surface area contributed by atoms with Crippen LogP contribution in [0.5, 0.6) is 5.75 Å². The van der Waals surface area contributed by atoms with Gasteiger partial charge in [0.2, 0.25) is 0 Å². The summed E-state index contributed by atoms with van der Waals surface area (Å²) in [5, 5.41) is 7.24. The number of halogens is 1. The molecule has 1 unspecified atom stereocenters. The van der Waals surface area contributed by atoms with E-state index in [9.17, 15) is 0 Å². The molecular weight excluding hydrogens is 422 g/mol. The van der Waals surface area contributed by atoms with E-state index >= 15 is 0 Å². The number of aryl methyl sites for hydroxylation is 1. The minimum Gasteiger partial charge on any atom is -0.493 e. The molecule has 27 heavy (non-hydrogen) atoms. The highest BCUT2D eigenvalue weighted by Crippen LogP contribution is 2.31. The lowest BCUT2D eigenvalue weighted by molar-refractivity contribution is 0.399. The maximum atomic E-state index is 5.54. The molecule has 0 saturated carbocycles. The third-order valence-electron chi connectivity index (χ3n) is 5.19. The van der Waals surface area contributed by atoms with Crippen molar-refractivity contribution in [3.05, 3.63) is 51.9 Å². The zero-order chi connectivity index (χ0) is 18.6. The summed E-state index contributed by atoms with van der Waals surface area (Å²) in [4.78, 5) is 7.02. The average molecular weight is 446 g/mol. The Hall–Kier alpha value is -1.63. The van der Waals surface area contributed by atoms with Crippen LogP contribution >= 0.6 is 27.3 Å². The van der Waals surface area contributed by atoms with Crippen molar-refractivity contribution in [2.45, 2.75) is 25.3 Å². The molecule has 3 heterocycles. The monoisotopic (exact) mass is 445 g/mol. The van der Waals surface area contributed by atoms with Gasteiger partial charge < -0.3 is 15.0 Å². The normalized spacial score (nSPS) is 17.4. The first-order valence-corrected chi connectivity index (χ1v) is 11.1. The molecule has 0 aliphatic carbocycles. The molecule has 1 aliphatic rings. The minimum absolute atomic E-state index is 0.444. The van der Waals surface area contributed by atoms with Crippen LogP contribution in [0.25, 0.3) is 10.1 Å². The van der Waals surface area contributed by atoms with Gasteiger partial charge in [0.05, 0.1) is 7.11 Å². The van der Waals surface area contributed by atoms with E-state index in [0.717, 1.165) is 54.9 Å². The summed E-state index contributed by atoms with van der Waals surface area (Å²) < 4.78 is 8.06. The molecule has 1 fully saturated rings. The lowest BCUT2D eigenvalue weighted by Gasteiger charge is -2.37. The molecule has 1 atom stereocenters. The SMILES string of the molecule is COc1cccnc1N1CCNCC1CCCc1csc2ccc(Br)cc12. The van der Waals surface area contributed by atoms with Gasteiger partial charge >= 0.3 is 0 Å². The maximum Gasteiger partial charge on any atom is 0.171 e. The summed E-state index contributed by atoms with van der Waals surface area (Å²) in [7, 11) is 1.72. The molecule has 3 aromatic rings. The van der Waals surface area contributed by atoms with Crippen LogP contribution in [0.2, 0.25) is 0 Å². The van der Waals surface area contributed by atoms with Crippen LogP contribution in [-0.4, -0.2) is 37.8 Å². The Morgan fingerprint density at radius 1 is 1.37 bits per heavy atom. The van der Waals surface area contributed by atoms with E-state index in [-0.39, 0.29) is 0 Å². The van der Waals surface area contributed by atoms with Gasteiger partial charge in [0.1, 0.15) is 0 Å². The Bertz CT molecular complexity index is 913. The Morgan fingerprint density at radius 2 is 2.30 bits per heavy atom. The number of anilines is 1. The third kappa shape index (κ3) is 4.13. The van der Waals surface area contributed by atoms with Gasteiger partial charge in [-0.15, -0.1) is 11.3 Å². The summed E-state index contributed by atoms with van der Waals surface area (Å²) >= 11 is 5.44. The molecule has 1 saturated heterocycles. The molecule has 4 nitrogen and oxygen atoms in total. The van der Waals surface area contributed by atoms with Gasteiger partial charge in [-0.3, -0.25) is 0 Å². The van der Waals surface area contributed by atoms with E-state index in [1.807, 2.05) is 29.7 Å². The predicted molar refractivity (Wildman–Crippen MR) is 117 cm³/mol. The number of methoxy groups -OCH3 is 1. The molecule has 1 aliphatic heterocycles. The molecule has 0 bridgehead atoms. The highest BCUT2D eigenvalue weighted by molar-refractivity contribution is 9.10. The van der Waals surface area contributed by atoms with E-state index in [4.69, 9.17) is 4.74 Å². The van der Waals surface area contributed by atoms with Crippen molar-refractivity contribution in [2.75, 3.05) is 31.6 Å². The highest BCUT2D eigenvalue weighted by Gasteiger charge is 2.25. The predicted octanol–water partition coefficient (Wildman–Crippen LogP) is 4.87. The van der Waals surface area contributed by atoms with Gasteiger partial charge in [-0.05, 0) is 65.9 Å². The standard InChI is InChI=1S/C21H24BrN3OS/c1-26-19-6-3-9-24-21(19)25-11-10-23-13-17(25)5-2-4-15-14-27-20-8-7-16(22)12-18(15)20/h3,6-9,12,14,17,23H,2,4-5,10-11,13H2,1H3.